The highest BCUT2D eigenvalue weighted by molar-refractivity contribution is 8.13. The normalized spacial score (nSPS) is 23.2. The maximum absolute atomic E-state index is 12.3. The molecule has 7 heteroatoms. The number of thioether (sulfide) groups is 2. The van der Waals surface area contributed by atoms with Gasteiger partial charge in [-0.25, -0.2) is 4.79 Å². The molecule has 1 fully saturated rings. The molecule has 5 nitrogen and oxygen atoms in total. The van der Waals surface area contributed by atoms with Gasteiger partial charge in [-0.1, -0.05) is 18.7 Å². The van der Waals surface area contributed by atoms with Crippen LogP contribution in [0, 0.1) is 5.92 Å². The number of hydrogen-bond acceptors (Lipinski definition) is 5. The van der Waals surface area contributed by atoms with Crippen LogP contribution in [0.2, 0.25) is 0 Å². The first kappa shape index (κ1) is 16.4. The smallest absolute Gasteiger partial charge is 0.327 e. The molecule has 0 saturated carbocycles. The van der Waals surface area contributed by atoms with E-state index in [-0.39, 0.29) is 16.9 Å². The molecule has 0 radical (unpaired) electrons. The van der Waals surface area contributed by atoms with Crippen LogP contribution in [-0.4, -0.2) is 49.4 Å². The summed E-state index contributed by atoms with van der Waals surface area (Å²) in [6.07, 6.45) is 0. The van der Waals surface area contributed by atoms with Gasteiger partial charge in [-0.15, -0.1) is 11.8 Å². The Kier molecular flexibility index (Phi) is 5.32. The van der Waals surface area contributed by atoms with Crippen molar-refractivity contribution in [1.29, 1.82) is 0 Å². The Morgan fingerprint density at radius 2 is 2.05 bits per heavy atom. The summed E-state index contributed by atoms with van der Waals surface area (Å²) in [4.78, 5) is 36.0. The molecule has 1 heterocycles. The molecule has 108 valence electrons. The van der Waals surface area contributed by atoms with Crippen LogP contribution >= 0.6 is 23.5 Å². The number of hydrogen-bond donors (Lipinski definition) is 1. The highest BCUT2D eigenvalue weighted by Crippen LogP contribution is 2.40. The number of carbonyl (C=O) groups excluding carboxylic acids is 2. The molecule has 19 heavy (non-hydrogen) atoms. The predicted molar refractivity (Wildman–Crippen MR) is 77.1 cm³/mol. The summed E-state index contributed by atoms with van der Waals surface area (Å²) in [7, 11) is 0. The minimum absolute atomic E-state index is 0.0365. The topological polar surface area (TPSA) is 74.7 Å². The standard InChI is InChI=1S/C12H19NO4S2/c1-7(5-18-8(2)14)10(15)13-6-19-12(3,4)9(13)11(16)17/h7,9H,5-6H2,1-4H3,(H,16,17)/t7?,9-/m0/s1. The van der Waals surface area contributed by atoms with E-state index in [1.807, 2.05) is 13.8 Å². The van der Waals surface area contributed by atoms with E-state index in [1.54, 1.807) is 6.92 Å². The average Bonchev–Trinajstić information content (AvgIpc) is 2.60. The molecule has 0 aliphatic carbocycles. The number of aliphatic carboxylic acids is 1. The SMILES string of the molecule is CC(=O)SCC(C)C(=O)N1CSC(C)(C)[C@@H]1C(=O)O. The molecule has 1 amide bonds. The fraction of sp³-hybridized carbons (Fsp3) is 0.750. The third-order valence-corrected chi connectivity index (χ3v) is 5.47. The number of rotatable bonds is 4. The maximum atomic E-state index is 12.3. The van der Waals surface area contributed by atoms with Gasteiger partial charge in [-0.05, 0) is 13.8 Å². The molecule has 0 bridgehead atoms. The van der Waals surface area contributed by atoms with Crippen LogP contribution in [-0.2, 0) is 14.4 Å². The van der Waals surface area contributed by atoms with Gasteiger partial charge in [0.25, 0.3) is 0 Å². The first-order chi connectivity index (χ1) is 8.66. The summed E-state index contributed by atoms with van der Waals surface area (Å²) in [5.41, 5.74) is 0. The Bertz CT molecular complexity index is 397. The minimum Gasteiger partial charge on any atom is -0.480 e. The molecule has 1 saturated heterocycles. The van der Waals surface area contributed by atoms with Crippen LogP contribution in [0.25, 0.3) is 0 Å². The monoisotopic (exact) mass is 305 g/mol. The lowest BCUT2D eigenvalue weighted by atomic mass is 10.0. The van der Waals surface area contributed by atoms with Gasteiger partial charge in [0.15, 0.2) is 5.12 Å². The summed E-state index contributed by atoms with van der Waals surface area (Å²) in [5, 5.41) is 9.27. The Labute approximate surface area is 121 Å². The van der Waals surface area contributed by atoms with Gasteiger partial charge < -0.3 is 10.0 Å². The van der Waals surface area contributed by atoms with Gasteiger partial charge in [-0.2, -0.15) is 0 Å². The molecule has 0 aromatic rings. The lowest BCUT2D eigenvalue weighted by Gasteiger charge is -2.29. The van der Waals surface area contributed by atoms with E-state index >= 15 is 0 Å². The van der Waals surface area contributed by atoms with Crippen molar-refractivity contribution in [2.45, 2.75) is 38.5 Å². The van der Waals surface area contributed by atoms with E-state index in [0.717, 1.165) is 11.8 Å². The van der Waals surface area contributed by atoms with Crippen LogP contribution in [0.15, 0.2) is 0 Å². The minimum atomic E-state index is -0.977. The lowest BCUT2D eigenvalue weighted by molar-refractivity contribution is -0.150. The van der Waals surface area contributed by atoms with Crippen molar-refractivity contribution in [3.05, 3.63) is 0 Å². The van der Waals surface area contributed by atoms with Crippen molar-refractivity contribution in [3.63, 3.8) is 0 Å². The number of carboxylic acid groups (broad SMARTS) is 1. The third-order valence-electron chi connectivity index (χ3n) is 3.02. The molecule has 2 atom stereocenters. The van der Waals surface area contributed by atoms with Crippen molar-refractivity contribution in [2.75, 3.05) is 11.6 Å². The zero-order valence-electron chi connectivity index (χ0n) is 11.5. The Hall–Kier alpha value is -0.690. The molecular formula is C12H19NO4S2. The largest absolute Gasteiger partial charge is 0.480 e. The molecule has 1 aliphatic heterocycles. The lowest BCUT2D eigenvalue weighted by Crippen LogP contribution is -2.50. The number of amides is 1. The second kappa shape index (κ2) is 6.17. The number of carbonyl (C=O) groups is 3. The highest BCUT2D eigenvalue weighted by atomic mass is 32.2. The van der Waals surface area contributed by atoms with Crippen LogP contribution in [0.1, 0.15) is 27.7 Å². The van der Waals surface area contributed by atoms with Gasteiger partial charge in [0.2, 0.25) is 5.91 Å². The Morgan fingerprint density at radius 3 is 2.53 bits per heavy atom. The van der Waals surface area contributed by atoms with Crippen molar-refractivity contribution in [3.8, 4) is 0 Å². The van der Waals surface area contributed by atoms with Gasteiger partial charge >= 0.3 is 5.97 Å². The maximum Gasteiger partial charge on any atom is 0.327 e. The third kappa shape index (κ3) is 3.89. The van der Waals surface area contributed by atoms with Gasteiger partial charge in [0.1, 0.15) is 6.04 Å². The summed E-state index contributed by atoms with van der Waals surface area (Å²) in [5.74, 6) is -0.751. The summed E-state index contributed by atoms with van der Waals surface area (Å²) < 4.78 is -0.491. The van der Waals surface area contributed by atoms with E-state index in [2.05, 4.69) is 0 Å². The second-order valence-electron chi connectivity index (χ2n) is 5.13. The van der Waals surface area contributed by atoms with Gasteiger partial charge in [-0.3, -0.25) is 9.59 Å². The van der Waals surface area contributed by atoms with Crippen LogP contribution in [0.3, 0.4) is 0 Å². The van der Waals surface area contributed by atoms with E-state index in [0.29, 0.717) is 11.6 Å². The van der Waals surface area contributed by atoms with Crippen LogP contribution in [0.4, 0.5) is 0 Å². The predicted octanol–water partition coefficient (Wildman–Crippen LogP) is 1.67. The summed E-state index contributed by atoms with van der Waals surface area (Å²) >= 11 is 2.56. The highest BCUT2D eigenvalue weighted by Gasteiger charge is 2.48. The fourth-order valence-corrected chi connectivity index (χ4v) is 3.74. The molecule has 1 unspecified atom stereocenters. The zero-order chi connectivity index (χ0) is 14.8. The number of carboxylic acids is 1. The van der Waals surface area contributed by atoms with Gasteiger partial charge in [0, 0.05) is 23.3 Å². The Morgan fingerprint density at radius 1 is 1.47 bits per heavy atom. The van der Waals surface area contributed by atoms with Crippen molar-refractivity contribution in [2.24, 2.45) is 5.92 Å². The molecule has 0 aromatic carbocycles. The second-order valence-corrected chi connectivity index (χ2v) is 7.93. The molecule has 1 N–H and O–H groups in total. The number of nitrogens with zero attached hydrogens (tertiary/aromatic N) is 1. The van der Waals surface area contributed by atoms with Crippen molar-refractivity contribution < 1.29 is 19.5 Å². The van der Waals surface area contributed by atoms with E-state index in [4.69, 9.17) is 0 Å². The van der Waals surface area contributed by atoms with E-state index in [9.17, 15) is 19.5 Å². The molecule has 1 aliphatic rings. The average molecular weight is 305 g/mol. The van der Waals surface area contributed by atoms with E-state index in [1.165, 1.54) is 23.6 Å². The van der Waals surface area contributed by atoms with Crippen molar-refractivity contribution in [1.82, 2.24) is 4.90 Å². The van der Waals surface area contributed by atoms with Gasteiger partial charge in [0.05, 0.1) is 5.88 Å². The van der Waals surface area contributed by atoms with Crippen LogP contribution < -0.4 is 0 Å². The fourth-order valence-electron chi connectivity index (χ4n) is 1.98. The van der Waals surface area contributed by atoms with Crippen LogP contribution in [0.5, 0.6) is 0 Å². The molecule has 1 rings (SSSR count). The van der Waals surface area contributed by atoms with E-state index < -0.39 is 16.8 Å². The molecule has 0 aromatic heterocycles. The summed E-state index contributed by atoms with van der Waals surface area (Å²) in [6.45, 7) is 6.85. The van der Waals surface area contributed by atoms with Crippen molar-refractivity contribution >= 4 is 40.5 Å². The quantitative estimate of drug-likeness (QED) is 0.851. The first-order valence-electron chi connectivity index (χ1n) is 5.97. The summed E-state index contributed by atoms with van der Waals surface area (Å²) in [6, 6.07) is -0.810. The molecular weight excluding hydrogens is 286 g/mol. The molecule has 0 spiro atoms. The Balaban J connectivity index is 2.76. The first-order valence-corrected chi connectivity index (χ1v) is 7.94. The zero-order valence-corrected chi connectivity index (χ0v) is 13.1.